The molecule has 0 saturated heterocycles. The second kappa shape index (κ2) is 10.0. The molecule has 0 spiro atoms. The number of methoxy groups -OCH3 is 1. The van der Waals surface area contributed by atoms with Crippen LogP contribution in [0.1, 0.15) is 56.2 Å². The van der Waals surface area contributed by atoms with Crippen LogP contribution in [0.25, 0.3) is 22.5 Å². The first kappa shape index (κ1) is 24.9. The molecular formula is C31H32N6O2. The molecule has 1 aliphatic carbocycles. The SMILES string of the molecule is COc1ccc(CNc2cc(-c3nnc(Nc4ccccn4)o3)nc3c(C(C)(C)C)cc(C4CC4)cc23)cc1. The Morgan fingerprint density at radius 2 is 1.82 bits per heavy atom. The van der Waals surface area contributed by atoms with E-state index in [2.05, 4.69) is 70.9 Å². The maximum atomic E-state index is 5.99. The lowest BCUT2D eigenvalue weighted by molar-refractivity contribution is 0.414. The summed E-state index contributed by atoms with van der Waals surface area (Å²) in [5.74, 6) is 2.43. The minimum atomic E-state index is -0.0947. The third-order valence-corrected chi connectivity index (χ3v) is 6.98. The van der Waals surface area contributed by atoms with E-state index in [1.54, 1.807) is 13.3 Å². The molecule has 198 valence electrons. The van der Waals surface area contributed by atoms with Crippen LogP contribution in [0.5, 0.6) is 5.75 Å². The number of fused-ring (bicyclic) bond motifs is 1. The van der Waals surface area contributed by atoms with Gasteiger partial charge in [-0.15, -0.1) is 5.10 Å². The topological polar surface area (TPSA) is 98.0 Å². The van der Waals surface area contributed by atoms with Gasteiger partial charge in [0.05, 0.1) is 12.6 Å². The van der Waals surface area contributed by atoms with Crippen LogP contribution >= 0.6 is 0 Å². The van der Waals surface area contributed by atoms with E-state index in [1.807, 2.05) is 36.4 Å². The third-order valence-electron chi connectivity index (χ3n) is 6.98. The summed E-state index contributed by atoms with van der Waals surface area (Å²) in [5.41, 5.74) is 6.19. The fourth-order valence-corrected chi connectivity index (χ4v) is 4.69. The number of rotatable bonds is 8. The summed E-state index contributed by atoms with van der Waals surface area (Å²) in [5, 5.41) is 16.3. The van der Waals surface area contributed by atoms with Gasteiger partial charge in [-0.25, -0.2) is 9.97 Å². The Bertz CT molecular complexity index is 1600. The van der Waals surface area contributed by atoms with Crippen LogP contribution in [0.4, 0.5) is 17.5 Å². The first-order valence-electron chi connectivity index (χ1n) is 13.3. The van der Waals surface area contributed by atoms with Crippen molar-refractivity contribution < 1.29 is 9.15 Å². The summed E-state index contributed by atoms with van der Waals surface area (Å²) in [6.45, 7) is 7.36. The van der Waals surface area contributed by atoms with Crippen LogP contribution in [0, 0.1) is 0 Å². The van der Waals surface area contributed by atoms with Gasteiger partial charge >= 0.3 is 6.01 Å². The van der Waals surface area contributed by atoms with Crippen molar-refractivity contribution >= 4 is 28.4 Å². The molecule has 2 aromatic carbocycles. The van der Waals surface area contributed by atoms with Crippen molar-refractivity contribution in [3.8, 4) is 17.3 Å². The third kappa shape index (κ3) is 5.41. The molecule has 5 aromatic rings. The maximum absolute atomic E-state index is 5.99. The maximum Gasteiger partial charge on any atom is 0.321 e. The number of nitrogens with one attached hydrogen (secondary N) is 2. The van der Waals surface area contributed by atoms with E-state index < -0.39 is 0 Å². The minimum Gasteiger partial charge on any atom is -0.497 e. The molecule has 8 heteroatoms. The molecule has 3 heterocycles. The van der Waals surface area contributed by atoms with Gasteiger partial charge in [0.2, 0.25) is 0 Å². The summed E-state index contributed by atoms with van der Waals surface area (Å²) in [6, 6.07) is 20.6. The van der Waals surface area contributed by atoms with Gasteiger partial charge in [0, 0.05) is 23.8 Å². The Kier molecular flexibility index (Phi) is 6.38. The van der Waals surface area contributed by atoms with Crippen LogP contribution in [-0.4, -0.2) is 27.3 Å². The molecule has 0 unspecified atom stereocenters. The first-order chi connectivity index (χ1) is 18.9. The van der Waals surface area contributed by atoms with Crippen molar-refractivity contribution in [3.05, 3.63) is 83.6 Å². The van der Waals surface area contributed by atoms with Crippen LogP contribution in [0.2, 0.25) is 0 Å². The summed E-state index contributed by atoms with van der Waals surface area (Å²) in [4.78, 5) is 9.36. The zero-order valence-electron chi connectivity index (χ0n) is 22.7. The predicted molar refractivity (Wildman–Crippen MR) is 154 cm³/mol. The van der Waals surface area contributed by atoms with Gasteiger partial charge in [0.25, 0.3) is 5.89 Å². The number of benzene rings is 2. The number of aromatic nitrogens is 4. The highest BCUT2D eigenvalue weighted by Crippen LogP contribution is 2.44. The minimum absolute atomic E-state index is 0.0947. The Labute approximate surface area is 227 Å². The number of nitrogens with zero attached hydrogens (tertiary/aromatic N) is 4. The molecule has 1 saturated carbocycles. The van der Waals surface area contributed by atoms with Crippen molar-refractivity contribution in [2.75, 3.05) is 17.7 Å². The molecule has 8 nitrogen and oxygen atoms in total. The molecule has 1 fully saturated rings. The fourth-order valence-electron chi connectivity index (χ4n) is 4.69. The monoisotopic (exact) mass is 520 g/mol. The molecule has 0 bridgehead atoms. The molecule has 0 atom stereocenters. The highest BCUT2D eigenvalue weighted by molar-refractivity contribution is 5.96. The standard InChI is InChI=1S/C31H32N6O2/c1-31(2,3)24-16-21(20-10-11-20)15-23-25(33-18-19-8-12-22(38-4)13-9-19)17-26(34-28(23)24)29-36-37-30(39-29)35-27-7-5-6-14-32-27/h5-9,12-17,20H,10-11,18H2,1-4H3,(H,33,34)(H,32,35,37). The zero-order chi connectivity index (χ0) is 27.0. The quantitative estimate of drug-likeness (QED) is 0.221. The average Bonchev–Trinajstić information content (AvgIpc) is 3.69. The lowest BCUT2D eigenvalue weighted by Crippen LogP contribution is -2.14. The number of ether oxygens (including phenoxy) is 1. The van der Waals surface area contributed by atoms with E-state index in [4.69, 9.17) is 14.1 Å². The van der Waals surface area contributed by atoms with Gasteiger partial charge in [-0.1, -0.05) is 50.1 Å². The normalized spacial score (nSPS) is 13.4. The first-order valence-corrected chi connectivity index (χ1v) is 13.3. The molecular weight excluding hydrogens is 488 g/mol. The summed E-state index contributed by atoms with van der Waals surface area (Å²) in [6.07, 6.45) is 4.18. The molecule has 0 radical (unpaired) electrons. The largest absolute Gasteiger partial charge is 0.497 e. The number of anilines is 3. The van der Waals surface area contributed by atoms with Crippen molar-refractivity contribution in [1.82, 2.24) is 20.2 Å². The smallest absolute Gasteiger partial charge is 0.321 e. The van der Waals surface area contributed by atoms with Crippen molar-refractivity contribution in [1.29, 1.82) is 0 Å². The molecule has 1 aliphatic rings. The van der Waals surface area contributed by atoms with E-state index in [0.29, 0.717) is 29.9 Å². The Hall–Kier alpha value is -4.46. The lowest BCUT2D eigenvalue weighted by atomic mass is 9.83. The van der Waals surface area contributed by atoms with Gasteiger partial charge in [0.1, 0.15) is 17.3 Å². The zero-order valence-corrected chi connectivity index (χ0v) is 22.7. The number of hydrogen-bond acceptors (Lipinski definition) is 8. The lowest BCUT2D eigenvalue weighted by Gasteiger charge is -2.23. The van der Waals surface area contributed by atoms with Gasteiger partial charge in [-0.3, -0.25) is 5.32 Å². The summed E-state index contributed by atoms with van der Waals surface area (Å²) in [7, 11) is 1.68. The van der Waals surface area contributed by atoms with Crippen LogP contribution in [0.15, 0.2) is 71.3 Å². The molecule has 6 rings (SSSR count). The fraction of sp³-hybridized carbons (Fsp3) is 0.290. The van der Waals surface area contributed by atoms with E-state index in [1.165, 1.54) is 24.0 Å². The van der Waals surface area contributed by atoms with Gasteiger partial charge in [0.15, 0.2) is 0 Å². The van der Waals surface area contributed by atoms with Gasteiger partial charge in [-0.05, 0) is 77.3 Å². The van der Waals surface area contributed by atoms with Crippen molar-refractivity contribution in [3.63, 3.8) is 0 Å². The average molecular weight is 521 g/mol. The van der Waals surface area contributed by atoms with E-state index in [0.717, 1.165) is 27.9 Å². The van der Waals surface area contributed by atoms with Crippen LogP contribution in [0.3, 0.4) is 0 Å². The Morgan fingerprint density at radius 1 is 1.00 bits per heavy atom. The van der Waals surface area contributed by atoms with Crippen molar-refractivity contribution in [2.24, 2.45) is 0 Å². The van der Waals surface area contributed by atoms with Crippen LogP contribution in [-0.2, 0) is 12.0 Å². The summed E-state index contributed by atoms with van der Waals surface area (Å²) < 4.78 is 11.3. The van der Waals surface area contributed by atoms with E-state index in [-0.39, 0.29) is 11.4 Å². The van der Waals surface area contributed by atoms with E-state index >= 15 is 0 Å². The Morgan fingerprint density at radius 3 is 2.51 bits per heavy atom. The predicted octanol–water partition coefficient (Wildman–Crippen LogP) is 7.22. The van der Waals surface area contributed by atoms with Crippen LogP contribution < -0.4 is 15.4 Å². The highest BCUT2D eigenvalue weighted by Gasteiger charge is 2.28. The van der Waals surface area contributed by atoms with Gasteiger partial charge < -0.3 is 14.5 Å². The summed E-state index contributed by atoms with van der Waals surface area (Å²) >= 11 is 0. The molecule has 0 amide bonds. The number of hydrogen-bond donors (Lipinski definition) is 2. The molecule has 2 N–H and O–H groups in total. The van der Waals surface area contributed by atoms with Crippen molar-refractivity contribution in [2.45, 2.75) is 51.5 Å². The highest BCUT2D eigenvalue weighted by atomic mass is 16.5. The molecule has 0 aliphatic heterocycles. The Balaban J connectivity index is 1.43. The van der Waals surface area contributed by atoms with Gasteiger partial charge in [-0.2, -0.15) is 0 Å². The second-order valence-electron chi connectivity index (χ2n) is 11.0. The number of pyridine rings is 2. The molecule has 39 heavy (non-hydrogen) atoms. The molecule has 3 aromatic heterocycles. The second-order valence-corrected chi connectivity index (χ2v) is 11.0. The van der Waals surface area contributed by atoms with E-state index in [9.17, 15) is 0 Å².